The van der Waals surface area contributed by atoms with Crippen LogP contribution >= 0.6 is 23.3 Å². The predicted molar refractivity (Wildman–Crippen MR) is 78.4 cm³/mol. The van der Waals surface area contributed by atoms with E-state index in [-0.39, 0.29) is 0 Å². The number of hydrogen-bond acceptors (Lipinski definition) is 6. The monoisotopic (exact) mass is 291 g/mol. The molecule has 0 aliphatic heterocycles. The molecule has 0 saturated carbocycles. The normalized spacial score (nSPS) is 9.79. The maximum absolute atomic E-state index is 5.40. The van der Waals surface area contributed by atoms with Crippen LogP contribution in [-0.4, -0.2) is 23.0 Å². The lowest BCUT2D eigenvalue weighted by Gasteiger charge is -2.05. The van der Waals surface area contributed by atoms with Crippen LogP contribution in [0.1, 0.15) is 11.1 Å². The van der Waals surface area contributed by atoms with Crippen molar-refractivity contribution in [1.29, 1.82) is 0 Å². The zero-order valence-corrected chi connectivity index (χ0v) is 12.1. The number of aromatic nitrogens is 2. The summed E-state index contributed by atoms with van der Waals surface area (Å²) < 4.78 is 10.2. The summed E-state index contributed by atoms with van der Waals surface area (Å²) >= 11 is 3.06. The van der Waals surface area contributed by atoms with Crippen LogP contribution in [0.3, 0.4) is 0 Å². The molecule has 2 N–H and O–H groups in total. The van der Waals surface area contributed by atoms with Crippen LogP contribution in [0.5, 0.6) is 5.75 Å². The molecule has 0 aliphatic carbocycles. The van der Waals surface area contributed by atoms with Crippen molar-refractivity contribution in [3.8, 4) is 17.6 Å². The summed E-state index contributed by atoms with van der Waals surface area (Å²) in [5.41, 5.74) is 7.43. The Kier molecular flexibility index (Phi) is 5.21. The zero-order valence-electron chi connectivity index (χ0n) is 10.4. The smallest absolute Gasteiger partial charge is 0.170 e. The molecule has 1 aromatic carbocycles. The van der Waals surface area contributed by atoms with Crippen molar-refractivity contribution in [3.63, 3.8) is 0 Å². The summed E-state index contributed by atoms with van der Waals surface area (Å²) in [5.74, 6) is 7.47. The minimum absolute atomic E-state index is 0.340. The molecule has 0 amide bonds. The first kappa shape index (κ1) is 13.9. The van der Waals surface area contributed by atoms with Gasteiger partial charge in [-0.05, 0) is 29.2 Å². The maximum atomic E-state index is 5.40. The van der Waals surface area contributed by atoms with Crippen molar-refractivity contribution in [3.05, 3.63) is 35.7 Å². The maximum Gasteiger partial charge on any atom is 0.170 e. The molecule has 1 aromatic heterocycles. The van der Waals surface area contributed by atoms with Crippen molar-refractivity contribution < 1.29 is 4.74 Å². The molecule has 2 aromatic rings. The molecule has 0 spiro atoms. The van der Waals surface area contributed by atoms with E-state index in [9.17, 15) is 0 Å². The van der Waals surface area contributed by atoms with E-state index in [1.807, 2.05) is 18.2 Å². The summed E-state index contributed by atoms with van der Waals surface area (Å²) in [6.07, 6.45) is 1.57. The number of benzene rings is 1. The standard InChI is InChI=1S/C13H13N3OS2/c1-17-12-5-4-10(7-11(12)3-2-6-14)8-18-13-15-9-16-19-13/h4-5,7,9H,6,8,14H2,1H3. The highest BCUT2D eigenvalue weighted by atomic mass is 32.2. The second-order valence-corrected chi connectivity index (χ2v) is 5.54. The Labute approximate surface area is 120 Å². The zero-order chi connectivity index (χ0) is 13.5. The molecule has 98 valence electrons. The topological polar surface area (TPSA) is 61.0 Å². The summed E-state index contributed by atoms with van der Waals surface area (Å²) in [6.45, 7) is 0.340. The van der Waals surface area contributed by atoms with Gasteiger partial charge in [0, 0.05) is 5.75 Å². The van der Waals surface area contributed by atoms with Crippen LogP contribution in [0.25, 0.3) is 0 Å². The molecular formula is C13H13N3OS2. The molecule has 4 nitrogen and oxygen atoms in total. The molecule has 0 radical (unpaired) electrons. The number of thioether (sulfide) groups is 1. The minimum Gasteiger partial charge on any atom is -0.495 e. The number of hydrogen-bond donors (Lipinski definition) is 1. The fraction of sp³-hybridized carbons (Fsp3) is 0.231. The SMILES string of the molecule is COc1ccc(CSc2ncns2)cc1C#CCN. The highest BCUT2D eigenvalue weighted by molar-refractivity contribution is 8.00. The molecule has 1 heterocycles. The van der Waals surface area contributed by atoms with E-state index in [0.717, 1.165) is 21.4 Å². The van der Waals surface area contributed by atoms with Gasteiger partial charge in [-0.3, -0.25) is 0 Å². The second kappa shape index (κ2) is 7.14. The average Bonchev–Trinajstić information content (AvgIpc) is 2.96. The van der Waals surface area contributed by atoms with Gasteiger partial charge in [-0.2, -0.15) is 4.37 Å². The van der Waals surface area contributed by atoms with Gasteiger partial charge in [-0.15, -0.1) is 0 Å². The Morgan fingerprint density at radius 1 is 1.47 bits per heavy atom. The Morgan fingerprint density at radius 3 is 3.05 bits per heavy atom. The van der Waals surface area contributed by atoms with Gasteiger partial charge >= 0.3 is 0 Å². The first-order valence-corrected chi connectivity index (χ1v) is 7.34. The van der Waals surface area contributed by atoms with Gasteiger partial charge in [-0.25, -0.2) is 4.98 Å². The summed E-state index contributed by atoms with van der Waals surface area (Å²) in [4.78, 5) is 4.14. The van der Waals surface area contributed by atoms with E-state index in [4.69, 9.17) is 10.5 Å². The molecular weight excluding hydrogens is 278 g/mol. The third-order valence-electron chi connectivity index (χ3n) is 2.29. The molecule has 2 rings (SSSR count). The van der Waals surface area contributed by atoms with E-state index < -0.39 is 0 Å². The van der Waals surface area contributed by atoms with Gasteiger partial charge in [0.25, 0.3) is 0 Å². The highest BCUT2D eigenvalue weighted by Gasteiger charge is 2.04. The van der Waals surface area contributed by atoms with E-state index in [1.165, 1.54) is 17.1 Å². The van der Waals surface area contributed by atoms with E-state index in [0.29, 0.717) is 6.54 Å². The van der Waals surface area contributed by atoms with Gasteiger partial charge < -0.3 is 10.5 Å². The lowest BCUT2D eigenvalue weighted by molar-refractivity contribution is 0.413. The molecule has 19 heavy (non-hydrogen) atoms. The number of methoxy groups -OCH3 is 1. The van der Waals surface area contributed by atoms with Crippen LogP contribution in [0.4, 0.5) is 0 Å². The van der Waals surface area contributed by atoms with Crippen molar-refractivity contribution in [2.24, 2.45) is 5.73 Å². The van der Waals surface area contributed by atoms with Gasteiger partial charge in [0.05, 0.1) is 19.2 Å². The quantitative estimate of drug-likeness (QED) is 0.691. The fourth-order valence-electron chi connectivity index (χ4n) is 1.46. The van der Waals surface area contributed by atoms with Crippen LogP contribution in [0.15, 0.2) is 28.9 Å². The molecule has 0 atom stereocenters. The molecule has 0 saturated heterocycles. The van der Waals surface area contributed by atoms with Crippen LogP contribution in [0, 0.1) is 11.8 Å². The second-order valence-electron chi connectivity index (χ2n) is 3.54. The predicted octanol–water partition coefficient (Wildman–Crippen LogP) is 2.15. The Balaban J connectivity index is 2.13. The first-order chi connectivity index (χ1) is 9.33. The lowest BCUT2D eigenvalue weighted by Crippen LogP contribution is -1.94. The minimum atomic E-state index is 0.340. The third kappa shape index (κ3) is 3.96. The van der Waals surface area contributed by atoms with Gasteiger partial charge in [0.1, 0.15) is 12.1 Å². The summed E-state index contributed by atoms with van der Waals surface area (Å²) in [7, 11) is 1.64. The van der Waals surface area contributed by atoms with Crippen LogP contribution < -0.4 is 10.5 Å². The van der Waals surface area contributed by atoms with Gasteiger partial charge in [-0.1, -0.05) is 29.7 Å². The molecule has 0 fully saturated rings. The largest absolute Gasteiger partial charge is 0.495 e. The Hall–Kier alpha value is -1.55. The molecule has 6 heteroatoms. The van der Waals surface area contributed by atoms with Gasteiger partial charge in [0.15, 0.2) is 4.34 Å². The van der Waals surface area contributed by atoms with E-state index >= 15 is 0 Å². The first-order valence-electron chi connectivity index (χ1n) is 5.59. The van der Waals surface area contributed by atoms with E-state index in [2.05, 4.69) is 21.2 Å². The van der Waals surface area contributed by atoms with Gasteiger partial charge in [0.2, 0.25) is 0 Å². The number of nitrogens with zero attached hydrogens (tertiary/aromatic N) is 2. The van der Waals surface area contributed by atoms with Crippen molar-refractivity contribution >= 4 is 23.3 Å². The number of ether oxygens (including phenoxy) is 1. The molecule has 0 bridgehead atoms. The average molecular weight is 291 g/mol. The third-order valence-corrected chi connectivity index (χ3v) is 4.16. The molecule has 0 unspecified atom stereocenters. The van der Waals surface area contributed by atoms with Crippen molar-refractivity contribution in [2.45, 2.75) is 10.1 Å². The van der Waals surface area contributed by atoms with Crippen LogP contribution in [-0.2, 0) is 5.75 Å². The highest BCUT2D eigenvalue weighted by Crippen LogP contribution is 2.26. The Morgan fingerprint density at radius 2 is 2.37 bits per heavy atom. The van der Waals surface area contributed by atoms with E-state index in [1.54, 1.807) is 25.2 Å². The van der Waals surface area contributed by atoms with Crippen molar-refractivity contribution in [1.82, 2.24) is 9.36 Å². The van der Waals surface area contributed by atoms with Crippen molar-refractivity contribution in [2.75, 3.05) is 13.7 Å². The Bertz CT molecular complexity index is 588. The number of nitrogens with two attached hydrogens (primary N) is 1. The fourth-order valence-corrected chi connectivity index (χ4v) is 2.85. The van der Waals surface area contributed by atoms with Crippen LogP contribution in [0.2, 0.25) is 0 Å². The number of rotatable bonds is 4. The lowest BCUT2D eigenvalue weighted by atomic mass is 10.1. The molecule has 0 aliphatic rings. The summed E-state index contributed by atoms with van der Waals surface area (Å²) in [5, 5.41) is 0. The summed E-state index contributed by atoms with van der Waals surface area (Å²) in [6, 6.07) is 5.98.